The third-order valence-corrected chi connectivity index (χ3v) is 6.03. The smallest absolute Gasteiger partial charge is 0.271 e. The molecule has 2 aliphatic heterocycles. The molecule has 0 spiro atoms. The number of rotatable bonds is 5. The van der Waals surface area contributed by atoms with Gasteiger partial charge in [0.2, 0.25) is 11.6 Å². The summed E-state index contributed by atoms with van der Waals surface area (Å²) in [5.41, 5.74) is 0.767. The number of fused-ring (bicyclic) bond motifs is 3. The lowest BCUT2D eigenvalue weighted by Crippen LogP contribution is -2.69. The molecular formula is C23H25N3O5. The minimum Gasteiger partial charge on any atom is -0.493 e. The van der Waals surface area contributed by atoms with Gasteiger partial charge in [0.15, 0.2) is 11.5 Å². The van der Waals surface area contributed by atoms with Crippen molar-refractivity contribution in [3.63, 3.8) is 0 Å². The molecule has 1 atom stereocenters. The lowest BCUT2D eigenvalue weighted by Gasteiger charge is -2.48. The Morgan fingerprint density at radius 2 is 1.81 bits per heavy atom. The van der Waals surface area contributed by atoms with Crippen LogP contribution in [0.4, 0.5) is 11.4 Å². The van der Waals surface area contributed by atoms with Gasteiger partial charge >= 0.3 is 0 Å². The summed E-state index contributed by atoms with van der Waals surface area (Å²) in [5, 5.41) is 2.94. The van der Waals surface area contributed by atoms with E-state index < -0.39 is 11.6 Å². The summed E-state index contributed by atoms with van der Waals surface area (Å²) in [5.74, 6) is 0.141. The summed E-state index contributed by atoms with van der Waals surface area (Å²) in [6, 6.07) is 10.4. The number of para-hydroxylation sites is 1. The first-order valence-corrected chi connectivity index (χ1v) is 10.2. The maximum atomic E-state index is 13.8. The quantitative estimate of drug-likeness (QED) is 0.799. The van der Waals surface area contributed by atoms with Crippen LogP contribution in [0.5, 0.6) is 11.5 Å². The number of hydrogen-bond donors (Lipinski definition) is 1. The fourth-order valence-electron chi connectivity index (χ4n) is 4.54. The Kier molecular flexibility index (Phi) is 5.08. The van der Waals surface area contributed by atoms with E-state index in [1.165, 1.54) is 16.9 Å². The molecule has 31 heavy (non-hydrogen) atoms. The number of aryl methyl sites for hydroxylation is 1. The van der Waals surface area contributed by atoms with E-state index in [0.29, 0.717) is 28.4 Å². The van der Waals surface area contributed by atoms with Crippen LogP contribution >= 0.6 is 0 Å². The van der Waals surface area contributed by atoms with E-state index >= 15 is 0 Å². The van der Waals surface area contributed by atoms with E-state index in [0.717, 1.165) is 5.56 Å². The third-order valence-electron chi connectivity index (χ3n) is 6.03. The number of hydrogen-bond acceptors (Lipinski definition) is 5. The molecule has 0 aromatic heterocycles. The zero-order valence-corrected chi connectivity index (χ0v) is 18.0. The highest BCUT2D eigenvalue weighted by Gasteiger charge is 2.60. The summed E-state index contributed by atoms with van der Waals surface area (Å²) in [6.07, 6.45) is 0.397. The van der Waals surface area contributed by atoms with Gasteiger partial charge in [0.05, 0.1) is 25.5 Å². The van der Waals surface area contributed by atoms with E-state index in [-0.39, 0.29) is 31.2 Å². The van der Waals surface area contributed by atoms with Crippen LogP contribution < -0.4 is 19.7 Å². The molecule has 1 fully saturated rings. The molecule has 1 unspecified atom stereocenters. The molecule has 8 nitrogen and oxygen atoms in total. The first-order valence-electron chi connectivity index (χ1n) is 10.2. The van der Waals surface area contributed by atoms with E-state index in [1.807, 2.05) is 13.8 Å². The molecule has 0 aliphatic carbocycles. The van der Waals surface area contributed by atoms with Crippen molar-refractivity contribution in [3.05, 3.63) is 47.5 Å². The van der Waals surface area contributed by atoms with Crippen molar-refractivity contribution in [3.8, 4) is 11.5 Å². The SMILES string of the molecule is CCN1C(=O)c2ccccc2N2C(=O)CCC12C(=O)Nc1cc(OC)c(OC)cc1C. The Morgan fingerprint density at radius 1 is 1.13 bits per heavy atom. The van der Waals surface area contributed by atoms with Gasteiger partial charge in [-0.05, 0) is 37.6 Å². The molecule has 4 rings (SSSR count). The zero-order chi connectivity index (χ0) is 22.3. The summed E-state index contributed by atoms with van der Waals surface area (Å²) in [4.78, 5) is 43.0. The molecule has 162 valence electrons. The second-order valence-corrected chi connectivity index (χ2v) is 7.59. The predicted octanol–water partition coefficient (Wildman–Crippen LogP) is 2.95. The van der Waals surface area contributed by atoms with Gasteiger partial charge in [-0.15, -0.1) is 0 Å². The maximum Gasteiger partial charge on any atom is 0.271 e. The molecule has 2 aromatic carbocycles. The summed E-state index contributed by atoms with van der Waals surface area (Å²) < 4.78 is 10.7. The first-order chi connectivity index (χ1) is 14.9. The molecule has 3 amide bonds. The van der Waals surface area contributed by atoms with Gasteiger partial charge in [-0.25, -0.2) is 0 Å². The highest BCUT2D eigenvalue weighted by atomic mass is 16.5. The van der Waals surface area contributed by atoms with E-state index in [4.69, 9.17) is 9.47 Å². The van der Waals surface area contributed by atoms with Crippen LogP contribution in [-0.4, -0.2) is 49.0 Å². The van der Waals surface area contributed by atoms with E-state index in [9.17, 15) is 14.4 Å². The molecule has 0 saturated carbocycles. The monoisotopic (exact) mass is 423 g/mol. The molecule has 2 heterocycles. The van der Waals surface area contributed by atoms with Crippen molar-refractivity contribution in [1.82, 2.24) is 4.90 Å². The van der Waals surface area contributed by atoms with Crippen LogP contribution in [0.2, 0.25) is 0 Å². The average molecular weight is 423 g/mol. The standard InChI is InChI=1S/C23H25N3O5/c1-5-25-21(28)15-8-6-7-9-17(15)26-20(27)10-11-23(25,26)22(29)24-16-13-19(31-4)18(30-3)12-14(16)2/h6-9,12-13H,5,10-11H2,1-4H3,(H,24,29). The van der Waals surface area contributed by atoms with Crippen LogP contribution in [0.1, 0.15) is 35.7 Å². The van der Waals surface area contributed by atoms with Gasteiger partial charge in [0, 0.05) is 31.1 Å². The molecule has 2 aromatic rings. The number of anilines is 2. The molecule has 1 saturated heterocycles. The highest BCUT2D eigenvalue weighted by Crippen LogP contribution is 2.45. The van der Waals surface area contributed by atoms with Crippen molar-refractivity contribution in [2.24, 2.45) is 0 Å². The van der Waals surface area contributed by atoms with Crippen LogP contribution in [0, 0.1) is 6.92 Å². The normalized spacial score (nSPS) is 19.7. The Balaban J connectivity index is 1.81. The molecule has 0 radical (unpaired) electrons. The van der Waals surface area contributed by atoms with Gasteiger partial charge in [0.25, 0.3) is 11.8 Å². The highest BCUT2D eigenvalue weighted by molar-refractivity contribution is 6.18. The van der Waals surface area contributed by atoms with Crippen LogP contribution in [0.15, 0.2) is 36.4 Å². The fraction of sp³-hybridized carbons (Fsp3) is 0.348. The maximum absolute atomic E-state index is 13.8. The second-order valence-electron chi connectivity index (χ2n) is 7.59. The Morgan fingerprint density at radius 3 is 2.48 bits per heavy atom. The average Bonchev–Trinajstić information content (AvgIpc) is 3.13. The lowest BCUT2D eigenvalue weighted by atomic mass is 9.95. The van der Waals surface area contributed by atoms with Crippen molar-refractivity contribution in [2.45, 2.75) is 32.4 Å². The van der Waals surface area contributed by atoms with Crippen molar-refractivity contribution in [2.75, 3.05) is 31.0 Å². The topological polar surface area (TPSA) is 88.2 Å². The number of amides is 3. The van der Waals surface area contributed by atoms with Crippen LogP contribution in [0.3, 0.4) is 0 Å². The Hall–Kier alpha value is -3.55. The lowest BCUT2D eigenvalue weighted by molar-refractivity contribution is -0.128. The largest absolute Gasteiger partial charge is 0.493 e. The minimum atomic E-state index is -1.42. The number of carbonyl (C=O) groups is 3. The Labute approximate surface area is 180 Å². The molecular weight excluding hydrogens is 398 g/mol. The fourth-order valence-corrected chi connectivity index (χ4v) is 4.54. The predicted molar refractivity (Wildman–Crippen MR) is 116 cm³/mol. The number of methoxy groups -OCH3 is 2. The molecule has 0 bridgehead atoms. The van der Waals surface area contributed by atoms with Gasteiger partial charge in [-0.2, -0.15) is 0 Å². The van der Waals surface area contributed by atoms with Gasteiger partial charge in [-0.1, -0.05) is 12.1 Å². The summed E-state index contributed by atoms with van der Waals surface area (Å²) in [6.45, 7) is 3.94. The number of nitrogens with zero attached hydrogens (tertiary/aromatic N) is 2. The first kappa shape index (κ1) is 20.7. The van der Waals surface area contributed by atoms with E-state index in [1.54, 1.807) is 43.5 Å². The number of carbonyl (C=O) groups excluding carboxylic acids is 3. The van der Waals surface area contributed by atoms with E-state index in [2.05, 4.69) is 5.32 Å². The van der Waals surface area contributed by atoms with Crippen LogP contribution in [0.25, 0.3) is 0 Å². The van der Waals surface area contributed by atoms with Crippen molar-refractivity contribution < 1.29 is 23.9 Å². The Bertz CT molecular complexity index is 1080. The second kappa shape index (κ2) is 7.61. The van der Waals surface area contributed by atoms with Crippen molar-refractivity contribution in [1.29, 1.82) is 0 Å². The molecule has 1 N–H and O–H groups in total. The van der Waals surface area contributed by atoms with Crippen molar-refractivity contribution >= 4 is 29.1 Å². The minimum absolute atomic E-state index is 0.177. The summed E-state index contributed by atoms with van der Waals surface area (Å²) >= 11 is 0. The van der Waals surface area contributed by atoms with Crippen LogP contribution in [-0.2, 0) is 9.59 Å². The van der Waals surface area contributed by atoms with Gasteiger partial charge < -0.3 is 19.7 Å². The zero-order valence-electron chi connectivity index (χ0n) is 18.0. The number of likely N-dealkylation sites (N-methyl/N-ethyl adjacent to an activating group) is 1. The summed E-state index contributed by atoms with van der Waals surface area (Å²) in [7, 11) is 3.06. The number of benzene rings is 2. The van der Waals surface area contributed by atoms with Gasteiger partial charge in [0.1, 0.15) is 0 Å². The number of ether oxygens (including phenoxy) is 2. The molecule has 2 aliphatic rings. The third kappa shape index (κ3) is 2.93. The number of nitrogens with one attached hydrogen (secondary N) is 1. The molecule has 8 heteroatoms. The van der Waals surface area contributed by atoms with Gasteiger partial charge in [-0.3, -0.25) is 19.3 Å².